The molecule has 1 aromatic carbocycles. The maximum absolute atomic E-state index is 7.96. The molecule has 0 aliphatic heterocycles. The maximum Gasteiger partial charge on any atom is 0.136 e. The molecule has 17 heavy (non-hydrogen) atoms. The van der Waals surface area contributed by atoms with Gasteiger partial charge in [0.05, 0.1) is 4.91 Å². The minimum atomic E-state index is 0.344. The smallest absolute Gasteiger partial charge is 0.136 e. The van der Waals surface area contributed by atoms with Crippen molar-refractivity contribution in [2.75, 3.05) is 7.05 Å². The molecule has 4 heteroatoms. The van der Waals surface area contributed by atoms with Crippen molar-refractivity contribution < 1.29 is 0 Å². The predicted octanol–water partition coefficient (Wildman–Crippen LogP) is 2.52. The summed E-state index contributed by atoms with van der Waals surface area (Å²) in [6, 6.07) is 8.15. The van der Waals surface area contributed by atoms with Gasteiger partial charge >= 0.3 is 0 Å². The molecule has 0 amide bonds. The zero-order valence-electron chi connectivity index (χ0n) is 10.5. The van der Waals surface area contributed by atoms with Crippen LogP contribution >= 0.6 is 12.6 Å². The molecular weight excluding hydrogens is 230 g/mol. The molecule has 92 valence electrons. The van der Waals surface area contributed by atoms with E-state index in [1.165, 1.54) is 11.1 Å². The Hall–Kier alpha value is -1.42. The number of thiol groups is 1. The number of likely N-dealkylation sites (N-methyl/N-ethyl adjacent to an activating group) is 1. The molecule has 0 bridgehead atoms. The minimum Gasteiger partial charge on any atom is -0.401 e. The molecule has 0 spiro atoms. The molecule has 0 aliphatic carbocycles. The van der Waals surface area contributed by atoms with Gasteiger partial charge in [-0.25, -0.2) is 0 Å². The summed E-state index contributed by atoms with van der Waals surface area (Å²) >= 11 is 4.24. The first-order chi connectivity index (χ1) is 7.93. The summed E-state index contributed by atoms with van der Waals surface area (Å²) in [6.07, 6.45) is 0. The van der Waals surface area contributed by atoms with Crippen LogP contribution in [0.15, 0.2) is 34.9 Å². The summed E-state index contributed by atoms with van der Waals surface area (Å²) in [5.74, 6) is 0.344. The molecule has 1 aromatic rings. The first kappa shape index (κ1) is 13.6. The van der Waals surface area contributed by atoms with Gasteiger partial charge in [-0.05, 0) is 25.0 Å². The second-order valence-electron chi connectivity index (χ2n) is 4.16. The molecule has 3 N–H and O–H groups in total. The van der Waals surface area contributed by atoms with Crippen LogP contribution in [0.3, 0.4) is 0 Å². The molecule has 0 saturated carbocycles. The van der Waals surface area contributed by atoms with Crippen molar-refractivity contribution in [3.8, 4) is 0 Å². The number of benzene rings is 1. The SMILES string of the molecule is C/C(N)=C(/S)C(=N)N(C)Cc1ccccc1C. The third kappa shape index (κ3) is 3.53. The van der Waals surface area contributed by atoms with E-state index in [9.17, 15) is 0 Å². The van der Waals surface area contributed by atoms with E-state index in [4.69, 9.17) is 11.1 Å². The molecule has 0 aromatic heterocycles. The Bertz CT molecular complexity index is 448. The van der Waals surface area contributed by atoms with Gasteiger partial charge in [-0.15, -0.1) is 12.6 Å². The van der Waals surface area contributed by atoms with Gasteiger partial charge in [-0.1, -0.05) is 24.3 Å². The molecule has 0 heterocycles. The fraction of sp³-hybridized carbons (Fsp3) is 0.308. The number of hydrogen-bond donors (Lipinski definition) is 3. The Labute approximate surface area is 108 Å². The molecule has 3 nitrogen and oxygen atoms in total. The zero-order valence-corrected chi connectivity index (χ0v) is 11.4. The molecule has 0 aliphatic rings. The predicted molar refractivity (Wildman–Crippen MR) is 76.2 cm³/mol. The first-order valence-corrected chi connectivity index (χ1v) is 5.88. The number of nitrogens with zero attached hydrogens (tertiary/aromatic N) is 1. The summed E-state index contributed by atoms with van der Waals surface area (Å²) in [6.45, 7) is 4.50. The van der Waals surface area contributed by atoms with Crippen LogP contribution in [0.5, 0.6) is 0 Å². The van der Waals surface area contributed by atoms with Crippen molar-refractivity contribution in [1.29, 1.82) is 5.41 Å². The van der Waals surface area contributed by atoms with E-state index < -0.39 is 0 Å². The Morgan fingerprint density at radius 3 is 2.53 bits per heavy atom. The van der Waals surface area contributed by atoms with Crippen LogP contribution < -0.4 is 5.73 Å². The average Bonchev–Trinajstić information content (AvgIpc) is 2.30. The lowest BCUT2D eigenvalue weighted by molar-refractivity contribution is 0.497. The Kier molecular flexibility index (Phi) is 4.63. The number of nitrogens with two attached hydrogens (primary N) is 1. The highest BCUT2D eigenvalue weighted by Gasteiger charge is 2.10. The van der Waals surface area contributed by atoms with E-state index in [0.717, 1.165) is 0 Å². The average molecular weight is 249 g/mol. The van der Waals surface area contributed by atoms with Gasteiger partial charge in [0.1, 0.15) is 5.84 Å². The van der Waals surface area contributed by atoms with Crippen LogP contribution in [0.4, 0.5) is 0 Å². The standard InChI is InChI=1S/C13H19N3S/c1-9-6-4-5-7-11(9)8-16(3)13(15)12(17)10(2)14/h4-7,15,17H,8,14H2,1-3H3/b12-10-,15-13?. The Balaban J connectivity index is 2.81. The van der Waals surface area contributed by atoms with Crippen LogP contribution in [-0.4, -0.2) is 17.8 Å². The number of hydrogen-bond acceptors (Lipinski definition) is 3. The zero-order chi connectivity index (χ0) is 13.0. The van der Waals surface area contributed by atoms with E-state index in [2.05, 4.69) is 31.7 Å². The molecule has 0 saturated heterocycles. The Morgan fingerprint density at radius 1 is 1.41 bits per heavy atom. The van der Waals surface area contributed by atoms with Crippen molar-refractivity contribution in [1.82, 2.24) is 4.90 Å². The van der Waals surface area contributed by atoms with Crippen LogP contribution in [0.2, 0.25) is 0 Å². The highest BCUT2D eigenvalue weighted by molar-refractivity contribution is 7.85. The van der Waals surface area contributed by atoms with Gasteiger partial charge in [0, 0.05) is 19.3 Å². The third-order valence-corrected chi connectivity index (χ3v) is 3.21. The topological polar surface area (TPSA) is 53.1 Å². The van der Waals surface area contributed by atoms with E-state index in [1.807, 2.05) is 24.1 Å². The van der Waals surface area contributed by atoms with E-state index >= 15 is 0 Å². The molecule has 0 radical (unpaired) electrons. The summed E-state index contributed by atoms with van der Waals surface area (Å²) in [5.41, 5.74) is 8.63. The van der Waals surface area contributed by atoms with Crippen molar-refractivity contribution in [2.45, 2.75) is 20.4 Å². The second-order valence-corrected chi connectivity index (χ2v) is 4.61. The lowest BCUT2D eigenvalue weighted by Gasteiger charge is -2.21. The number of rotatable bonds is 3. The lowest BCUT2D eigenvalue weighted by atomic mass is 10.1. The van der Waals surface area contributed by atoms with E-state index in [1.54, 1.807) is 6.92 Å². The van der Waals surface area contributed by atoms with E-state index in [0.29, 0.717) is 23.0 Å². The monoisotopic (exact) mass is 249 g/mol. The Morgan fingerprint density at radius 2 is 2.00 bits per heavy atom. The maximum atomic E-state index is 7.96. The quantitative estimate of drug-likeness (QED) is 0.438. The number of allylic oxidation sites excluding steroid dienone is 1. The summed E-state index contributed by atoms with van der Waals surface area (Å²) in [5, 5.41) is 7.96. The summed E-state index contributed by atoms with van der Waals surface area (Å²) < 4.78 is 0. The van der Waals surface area contributed by atoms with Crippen LogP contribution in [0.1, 0.15) is 18.1 Å². The molecule has 0 unspecified atom stereocenters. The third-order valence-electron chi connectivity index (χ3n) is 2.65. The van der Waals surface area contributed by atoms with Crippen LogP contribution in [0.25, 0.3) is 0 Å². The lowest BCUT2D eigenvalue weighted by Crippen LogP contribution is -2.27. The molecular formula is C13H19N3S. The molecule has 1 rings (SSSR count). The van der Waals surface area contributed by atoms with Gasteiger partial charge in [-0.2, -0.15) is 0 Å². The second kappa shape index (κ2) is 5.77. The minimum absolute atomic E-state index is 0.344. The normalized spacial score (nSPS) is 12.0. The van der Waals surface area contributed by atoms with Crippen LogP contribution in [-0.2, 0) is 6.54 Å². The van der Waals surface area contributed by atoms with Crippen molar-refractivity contribution in [3.05, 3.63) is 46.0 Å². The number of aryl methyl sites for hydroxylation is 1. The number of nitrogens with one attached hydrogen (secondary N) is 1. The largest absolute Gasteiger partial charge is 0.401 e. The highest BCUT2D eigenvalue weighted by atomic mass is 32.1. The van der Waals surface area contributed by atoms with Crippen molar-refractivity contribution in [2.24, 2.45) is 5.73 Å². The fourth-order valence-electron chi connectivity index (χ4n) is 1.49. The van der Waals surface area contributed by atoms with Gasteiger partial charge in [-0.3, -0.25) is 5.41 Å². The van der Waals surface area contributed by atoms with Gasteiger partial charge in [0.2, 0.25) is 0 Å². The molecule has 0 fully saturated rings. The van der Waals surface area contributed by atoms with E-state index in [-0.39, 0.29) is 0 Å². The van der Waals surface area contributed by atoms with Gasteiger partial charge in [0.15, 0.2) is 0 Å². The van der Waals surface area contributed by atoms with Crippen molar-refractivity contribution in [3.63, 3.8) is 0 Å². The first-order valence-electron chi connectivity index (χ1n) is 5.43. The summed E-state index contributed by atoms with van der Waals surface area (Å²) in [4.78, 5) is 2.36. The van der Waals surface area contributed by atoms with Crippen LogP contribution in [0, 0.1) is 12.3 Å². The van der Waals surface area contributed by atoms with Gasteiger partial charge in [0.25, 0.3) is 0 Å². The highest BCUT2D eigenvalue weighted by Crippen LogP contribution is 2.13. The fourth-order valence-corrected chi connectivity index (χ4v) is 1.66. The number of amidine groups is 1. The summed E-state index contributed by atoms with van der Waals surface area (Å²) in [7, 11) is 1.87. The van der Waals surface area contributed by atoms with Crippen molar-refractivity contribution >= 4 is 18.5 Å². The van der Waals surface area contributed by atoms with Gasteiger partial charge < -0.3 is 10.6 Å². The molecule has 0 atom stereocenters.